The molecule has 1 N–H and O–H groups in total. The van der Waals surface area contributed by atoms with Crippen LogP contribution in [-0.4, -0.2) is 10.7 Å². The van der Waals surface area contributed by atoms with Gasteiger partial charge in [-0.1, -0.05) is 41.5 Å². The van der Waals surface area contributed by atoms with Gasteiger partial charge in [-0.25, -0.2) is 0 Å². The van der Waals surface area contributed by atoms with Gasteiger partial charge in [0.1, 0.15) is 0 Å². The molecule has 1 saturated carbocycles. The van der Waals surface area contributed by atoms with E-state index < -0.39 is 5.60 Å². The third kappa shape index (κ3) is 2.75. The molecule has 0 aromatic carbocycles. The molecule has 1 heteroatoms. The minimum Gasteiger partial charge on any atom is -0.389 e. The van der Waals surface area contributed by atoms with Gasteiger partial charge in [-0.3, -0.25) is 0 Å². The third-order valence-electron chi connectivity index (χ3n) is 4.43. The fourth-order valence-electron chi connectivity index (χ4n) is 2.71. The maximum absolute atomic E-state index is 10.6. The first-order chi connectivity index (χ1) is 6.56. The summed E-state index contributed by atoms with van der Waals surface area (Å²) in [5, 5.41) is 10.6. The molecule has 1 rings (SSSR count). The topological polar surface area (TPSA) is 20.2 Å². The summed E-state index contributed by atoms with van der Waals surface area (Å²) in [7, 11) is 0. The molecule has 0 unspecified atom stereocenters. The molecule has 1 nitrogen and oxygen atoms in total. The molecule has 1 aliphatic rings. The second-order valence-electron chi connectivity index (χ2n) is 7.42. The van der Waals surface area contributed by atoms with Crippen LogP contribution in [0.25, 0.3) is 0 Å². The molecule has 15 heavy (non-hydrogen) atoms. The van der Waals surface area contributed by atoms with Crippen molar-refractivity contribution >= 4 is 0 Å². The molecule has 0 aromatic heterocycles. The fraction of sp³-hybridized carbons (Fsp3) is 1.00. The van der Waals surface area contributed by atoms with Crippen molar-refractivity contribution in [2.24, 2.45) is 16.7 Å². The van der Waals surface area contributed by atoms with Gasteiger partial charge in [-0.05, 0) is 42.4 Å². The quantitative estimate of drug-likeness (QED) is 0.643. The Balaban J connectivity index is 2.64. The minimum absolute atomic E-state index is 0.0237. The molecule has 0 aliphatic heterocycles. The zero-order valence-corrected chi connectivity index (χ0v) is 11.4. The lowest BCUT2D eigenvalue weighted by Crippen LogP contribution is -2.47. The third-order valence-corrected chi connectivity index (χ3v) is 4.43. The van der Waals surface area contributed by atoms with Crippen LogP contribution in [0.3, 0.4) is 0 Å². The van der Waals surface area contributed by atoms with E-state index in [0.717, 1.165) is 18.8 Å². The second-order valence-corrected chi connectivity index (χ2v) is 7.42. The zero-order chi connectivity index (χ0) is 11.9. The average molecular weight is 212 g/mol. The van der Waals surface area contributed by atoms with Crippen LogP contribution in [0.4, 0.5) is 0 Å². The van der Waals surface area contributed by atoms with E-state index in [9.17, 15) is 5.11 Å². The van der Waals surface area contributed by atoms with Gasteiger partial charge in [-0.2, -0.15) is 0 Å². The van der Waals surface area contributed by atoms with Crippen molar-refractivity contribution in [1.82, 2.24) is 0 Å². The van der Waals surface area contributed by atoms with E-state index in [0.29, 0.717) is 5.41 Å². The Hall–Kier alpha value is -0.0400. The molecule has 0 bridgehead atoms. The molecule has 0 radical (unpaired) electrons. The Bertz CT molecular complexity index is 208. The first-order valence-electron chi connectivity index (χ1n) is 6.29. The van der Waals surface area contributed by atoms with Gasteiger partial charge in [0.15, 0.2) is 0 Å². The summed E-state index contributed by atoms with van der Waals surface area (Å²) in [6, 6.07) is 0. The predicted octanol–water partition coefficient (Wildman–Crippen LogP) is 4.00. The lowest BCUT2D eigenvalue weighted by Gasteiger charge is -2.47. The molecule has 0 atom stereocenters. The maximum atomic E-state index is 10.6. The van der Waals surface area contributed by atoms with Crippen molar-refractivity contribution in [3.63, 3.8) is 0 Å². The number of aliphatic hydroxyl groups is 1. The molecule has 0 amide bonds. The monoisotopic (exact) mass is 212 g/mol. The highest BCUT2D eigenvalue weighted by atomic mass is 16.3. The van der Waals surface area contributed by atoms with E-state index in [-0.39, 0.29) is 5.41 Å². The Morgan fingerprint density at radius 3 is 1.60 bits per heavy atom. The highest BCUT2D eigenvalue weighted by Crippen LogP contribution is 2.47. The van der Waals surface area contributed by atoms with Gasteiger partial charge in [0.05, 0.1) is 5.60 Å². The van der Waals surface area contributed by atoms with Crippen molar-refractivity contribution in [2.75, 3.05) is 0 Å². The van der Waals surface area contributed by atoms with E-state index in [1.807, 2.05) is 0 Å². The Labute approximate surface area is 95.3 Å². The van der Waals surface area contributed by atoms with E-state index in [2.05, 4.69) is 41.5 Å². The van der Waals surface area contributed by atoms with E-state index >= 15 is 0 Å². The van der Waals surface area contributed by atoms with Gasteiger partial charge >= 0.3 is 0 Å². The van der Waals surface area contributed by atoms with Crippen LogP contribution in [0.15, 0.2) is 0 Å². The number of hydrogen-bond acceptors (Lipinski definition) is 1. The first-order valence-corrected chi connectivity index (χ1v) is 6.29. The average Bonchev–Trinajstić information content (AvgIpc) is 2.01. The summed E-state index contributed by atoms with van der Waals surface area (Å²) in [5.74, 6) is 0.778. The van der Waals surface area contributed by atoms with Crippen LogP contribution in [0, 0.1) is 16.7 Å². The maximum Gasteiger partial charge on any atom is 0.0696 e. The van der Waals surface area contributed by atoms with Crippen LogP contribution < -0.4 is 0 Å². The van der Waals surface area contributed by atoms with Gasteiger partial charge < -0.3 is 5.11 Å². The van der Waals surface area contributed by atoms with Crippen LogP contribution in [0.5, 0.6) is 0 Å². The van der Waals surface area contributed by atoms with Gasteiger partial charge in [0.25, 0.3) is 0 Å². The molecule has 90 valence electrons. The van der Waals surface area contributed by atoms with E-state index in [1.165, 1.54) is 12.8 Å². The summed E-state index contributed by atoms with van der Waals surface area (Å²) in [6.07, 6.45) is 4.30. The predicted molar refractivity (Wildman–Crippen MR) is 65.8 cm³/mol. The molecule has 0 heterocycles. The highest BCUT2D eigenvalue weighted by Gasteiger charge is 2.44. The minimum atomic E-state index is -0.436. The lowest BCUT2D eigenvalue weighted by atomic mass is 9.62. The Morgan fingerprint density at radius 2 is 1.33 bits per heavy atom. The second kappa shape index (κ2) is 3.76. The van der Waals surface area contributed by atoms with Crippen LogP contribution >= 0.6 is 0 Å². The van der Waals surface area contributed by atoms with Gasteiger partial charge in [0, 0.05) is 0 Å². The Kier molecular flexibility index (Phi) is 3.27. The molecule has 0 spiro atoms. The lowest BCUT2D eigenvalue weighted by molar-refractivity contribution is -0.101. The Morgan fingerprint density at radius 1 is 0.933 bits per heavy atom. The summed E-state index contributed by atoms with van der Waals surface area (Å²) in [6.45, 7) is 13.4. The molecule has 0 aromatic rings. The van der Waals surface area contributed by atoms with Crippen LogP contribution in [-0.2, 0) is 0 Å². The van der Waals surface area contributed by atoms with Gasteiger partial charge in [-0.15, -0.1) is 0 Å². The molecule has 1 fully saturated rings. The van der Waals surface area contributed by atoms with Crippen molar-refractivity contribution in [1.29, 1.82) is 0 Å². The molecular formula is C14H28O. The number of hydrogen-bond donors (Lipinski definition) is 1. The fourth-order valence-corrected chi connectivity index (χ4v) is 2.71. The SMILES string of the molecule is CC(C)(C)C1CCC(O)(C(C)(C)C)CC1. The molecular weight excluding hydrogens is 184 g/mol. The zero-order valence-electron chi connectivity index (χ0n) is 11.4. The van der Waals surface area contributed by atoms with Crippen molar-refractivity contribution in [3.8, 4) is 0 Å². The van der Waals surface area contributed by atoms with Crippen LogP contribution in [0.2, 0.25) is 0 Å². The first kappa shape index (κ1) is 13.0. The summed E-state index contributed by atoms with van der Waals surface area (Å²) >= 11 is 0. The van der Waals surface area contributed by atoms with Gasteiger partial charge in [0.2, 0.25) is 0 Å². The summed E-state index contributed by atoms with van der Waals surface area (Å²) in [5.41, 5.74) is -0.0101. The van der Waals surface area contributed by atoms with E-state index in [4.69, 9.17) is 0 Å². The smallest absolute Gasteiger partial charge is 0.0696 e. The largest absolute Gasteiger partial charge is 0.389 e. The molecule has 0 saturated heterocycles. The number of rotatable bonds is 0. The van der Waals surface area contributed by atoms with Crippen LogP contribution in [0.1, 0.15) is 67.2 Å². The normalized spacial score (nSPS) is 34.2. The summed E-state index contributed by atoms with van der Waals surface area (Å²) in [4.78, 5) is 0. The van der Waals surface area contributed by atoms with Crippen molar-refractivity contribution in [3.05, 3.63) is 0 Å². The standard InChI is InChI=1S/C14H28O/c1-12(2,3)11-7-9-14(15,10-8-11)13(4,5)6/h11,15H,7-10H2,1-6H3. The summed E-state index contributed by atoms with van der Waals surface area (Å²) < 4.78 is 0. The van der Waals surface area contributed by atoms with E-state index in [1.54, 1.807) is 0 Å². The van der Waals surface area contributed by atoms with Crippen molar-refractivity contribution < 1.29 is 5.11 Å². The van der Waals surface area contributed by atoms with Crippen molar-refractivity contribution in [2.45, 2.75) is 72.8 Å². The highest BCUT2D eigenvalue weighted by molar-refractivity contribution is 4.96. The molecule has 1 aliphatic carbocycles.